The first kappa shape index (κ1) is 12.0. The molecule has 6 heteroatoms. The van der Waals surface area contributed by atoms with Crippen LogP contribution in [0.2, 0.25) is 0 Å². The summed E-state index contributed by atoms with van der Waals surface area (Å²) >= 11 is 0. The number of carbonyl (C=O) groups excluding carboxylic acids is 1. The largest absolute Gasteiger partial charge is 0.505 e. The molecule has 18 heavy (non-hydrogen) atoms. The summed E-state index contributed by atoms with van der Waals surface area (Å²) in [6, 6.07) is 3.23. The van der Waals surface area contributed by atoms with Gasteiger partial charge in [0.1, 0.15) is 5.75 Å². The van der Waals surface area contributed by atoms with Gasteiger partial charge in [-0.2, -0.15) is 0 Å². The van der Waals surface area contributed by atoms with Gasteiger partial charge >= 0.3 is 0 Å². The lowest BCUT2D eigenvalue weighted by Crippen LogP contribution is -2.15. The number of pyridine rings is 1. The molecule has 1 amide bonds. The van der Waals surface area contributed by atoms with Crippen molar-refractivity contribution < 1.29 is 9.90 Å². The van der Waals surface area contributed by atoms with Gasteiger partial charge in [-0.15, -0.1) is 0 Å². The third-order valence-corrected chi connectivity index (χ3v) is 2.25. The summed E-state index contributed by atoms with van der Waals surface area (Å²) in [5.41, 5.74) is 1.65. The highest BCUT2D eigenvalue weighted by Gasteiger charge is 2.12. The number of aromatic hydroxyl groups is 1. The second kappa shape index (κ2) is 4.79. The van der Waals surface area contributed by atoms with Gasteiger partial charge in [0.05, 0.1) is 11.8 Å². The highest BCUT2D eigenvalue weighted by Crippen LogP contribution is 2.15. The van der Waals surface area contributed by atoms with E-state index >= 15 is 0 Å². The fraction of sp³-hybridized carbons (Fsp3) is 0.167. The molecule has 0 unspecified atom stereocenters. The van der Waals surface area contributed by atoms with Crippen LogP contribution in [0, 0.1) is 13.8 Å². The van der Waals surface area contributed by atoms with E-state index in [9.17, 15) is 9.90 Å². The zero-order chi connectivity index (χ0) is 13.1. The van der Waals surface area contributed by atoms with E-state index in [1.54, 1.807) is 6.07 Å². The molecule has 92 valence electrons. The van der Waals surface area contributed by atoms with Gasteiger partial charge in [-0.05, 0) is 26.0 Å². The lowest BCUT2D eigenvalue weighted by Gasteiger charge is -2.06. The molecule has 0 aliphatic heterocycles. The molecule has 6 nitrogen and oxygen atoms in total. The minimum atomic E-state index is -0.472. The Morgan fingerprint density at radius 1 is 1.28 bits per heavy atom. The van der Waals surface area contributed by atoms with Crippen molar-refractivity contribution in [2.24, 2.45) is 0 Å². The third-order valence-electron chi connectivity index (χ3n) is 2.25. The number of hydrogen-bond acceptors (Lipinski definition) is 5. The lowest BCUT2D eigenvalue weighted by molar-refractivity contribution is 0.102. The fourth-order valence-corrected chi connectivity index (χ4v) is 1.53. The Morgan fingerprint density at radius 3 is 2.56 bits per heavy atom. The second-order valence-electron chi connectivity index (χ2n) is 3.82. The van der Waals surface area contributed by atoms with Crippen LogP contribution in [0.1, 0.15) is 21.7 Å². The highest BCUT2D eigenvalue weighted by molar-refractivity contribution is 6.05. The summed E-state index contributed by atoms with van der Waals surface area (Å²) in [4.78, 5) is 23.8. The van der Waals surface area contributed by atoms with E-state index in [2.05, 4.69) is 20.3 Å². The summed E-state index contributed by atoms with van der Waals surface area (Å²) in [5, 5.41) is 12.0. The number of hydrogen-bond donors (Lipinski definition) is 2. The number of aromatic nitrogens is 3. The molecule has 0 bridgehead atoms. The standard InChI is InChI=1S/C12H12N4O2/c1-7-5-8(2)15-12(14-7)16-11(18)9-3-4-13-6-10(9)17/h3-6,17H,1-2H3,(H,14,15,16,18). The smallest absolute Gasteiger partial charge is 0.261 e. The van der Waals surface area contributed by atoms with Crippen LogP contribution in [0.4, 0.5) is 5.95 Å². The van der Waals surface area contributed by atoms with E-state index in [4.69, 9.17) is 0 Å². The minimum absolute atomic E-state index is 0.132. The summed E-state index contributed by atoms with van der Waals surface area (Å²) in [6.07, 6.45) is 2.63. The maximum absolute atomic E-state index is 11.9. The van der Waals surface area contributed by atoms with E-state index in [-0.39, 0.29) is 17.3 Å². The normalized spacial score (nSPS) is 10.1. The Bertz CT molecular complexity index is 578. The number of carbonyl (C=O) groups is 1. The van der Waals surface area contributed by atoms with Crippen LogP contribution in [0.15, 0.2) is 24.5 Å². The number of nitrogens with one attached hydrogen (secondary N) is 1. The van der Waals surface area contributed by atoms with Crippen molar-refractivity contribution in [1.82, 2.24) is 15.0 Å². The van der Waals surface area contributed by atoms with E-state index in [0.717, 1.165) is 11.4 Å². The number of rotatable bonds is 2. The van der Waals surface area contributed by atoms with Crippen LogP contribution in [-0.4, -0.2) is 26.0 Å². The van der Waals surface area contributed by atoms with E-state index in [1.165, 1.54) is 18.5 Å². The Morgan fingerprint density at radius 2 is 1.94 bits per heavy atom. The van der Waals surface area contributed by atoms with Crippen molar-refractivity contribution in [1.29, 1.82) is 0 Å². The van der Waals surface area contributed by atoms with Crippen molar-refractivity contribution in [3.05, 3.63) is 41.5 Å². The topological polar surface area (TPSA) is 88.0 Å². The van der Waals surface area contributed by atoms with Crippen molar-refractivity contribution in [2.75, 3.05) is 5.32 Å². The monoisotopic (exact) mass is 244 g/mol. The maximum atomic E-state index is 11.9. The summed E-state index contributed by atoms with van der Waals surface area (Å²) < 4.78 is 0. The predicted octanol–water partition coefficient (Wildman–Crippen LogP) is 1.45. The molecule has 0 aromatic carbocycles. The number of amides is 1. The van der Waals surface area contributed by atoms with Gasteiger partial charge in [0.25, 0.3) is 5.91 Å². The molecule has 0 fully saturated rings. The van der Waals surface area contributed by atoms with Crippen molar-refractivity contribution >= 4 is 11.9 Å². The van der Waals surface area contributed by atoms with Crippen LogP contribution in [0.25, 0.3) is 0 Å². The van der Waals surface area contributed by atoms with Gasteiger partial charge in [0.2, 0.25) is 5.95 Å². The number of aryl methyl sites for hydroxylation is 2. The van der Waals surface area contributed by atoms with Gasteiger partial charge in [-0.3, -0.25) is 15.1 Å². The Balaban J connectivity index is 2.24. The lowest BCUT2D eigenvalue weighted by atomic mass is 10.2. The fourth-order valence-electron chi connectivity index (χ4n) is 1.53. The first-order valence-electron chi connectivity index (χ1n) is 5.33. The Labute approximate surface area is 104 Å². The van der Waals surface area contributed by atoms with Crippen LogP contribution in [0.3, 0.4) is 0 Å². The summed E-state index contributed by atoms with van der Waals surface area (Å²) in [7, 11) is 0. The molecule has 0 saturated heterocycles. The Hall–Kier alpha value is -2.50. The molecule has 0 spiro atoms. The average molecular weight is 244 g/mol. The number of nitrogens with zero attached hydrogens (tertiary/aromatic N) is 3. The highest BCUT2D eigenvalue weighted by atomic mass is 16.3. The molecule has 2 heterocycles. The summed E-state index contributed by atoms with van der Waals surface area (Å²) in [5.74, 6) is -0.437. The van der Waals surface area contributed by atoms with Gasteiger partial charge < -0.3 is 5.11 Å². The predicted molar refractivity (Wildman–Crippen MR) is 65.4 cm³/mol. The van der Waals surface area contributed by atoms with E-state index in [1.807, 2.05) is 13.8 Å². The zero-order valence-electron chi connectivity index (χ0n) is 10.0. The number of anilines is 1. The molecule has 0 atom stereocenters. The Kier molecular flexibility index (Phi) is 3.18. The minimum Gasteiger partial charge on any atom is -0.505 e. The molecular weight excluding hydrogens is 232 g/mol. The van der Waals surface area contributed by atoms with Crippen LogP contribution >= 0.6 is 0 Å². The zero-order valence-corrected chi connectivity index (χ0v) is 10.0. The van der Waals surface area contributed by atoms with Gasteiger partial charge in [0.15, 0.2) is 0 Å². The SMILES string of the molecule is Cc1cc(C)nc(NC(=O)c2ccncc2O)n1. The molecule has 0 radical (unpaired) electrons. The van der Waals surface area contributed by atoms with E-state index in [0.29, 0.717) is 0 Å². The van der Waals surface area contributed by atoms with Crippen molar-refractivity contribution in [2.45, 2.75) is 13.8 Å². The van der Waals surface area contributed by atoms with Gasteiger partial charge in [0, 0.05) is 17.6 Å². The van der Waals surface area contributed by atoms with Crippen LogP contribution in [0.5, 0.6) is 5.75 Å². The van der Waals surface area contributed by atoms with Gasteiger partial charge in [-0.25, -0.2) is 9.97 Å². The third kappa shape index (κ3) is 2.60. The second-order valence-corrected chi connectivity index (χ2v) is 3.82. The van der Waals surface area contributed by atoms with Gasteiger partial charge in [-0.1, -0.05) is 0 Å². The average Bonchev–Trinajstić information content (AvgIpc) is 2.27. The molecule has 0 aliphatic rings. The van der Waals surface area contributed by atoms with Crippen LogP contribution in [-0.2, 0) is 0 Å². The van der Waals surface area contributed by atoms with Crippen molar-refractivity contribution in [3.63, 3.8) is 0 Å². The first-order chi connectivity index (χ1) is 8.56. The molecular formula is C12H12N4O2. The molecule has 2 N–H and O–H groups in total. The molecule has 2 aromatic rings. The molecule has 2 rings (SSSR count). The molecule has 0 aliphatic carbocycles. The summed E-state index contributed by atoms with van der Waals surface area (Å²) in [6.45, 7) is 3.63. The quantitative estimate of drug-likeness (QED) is 0.834. The van der Waals surface area contributed by atoms with E-state index < -0.39 is 5.91 Å². The molecule has 0 saturated carbocycles. The van der Waals surface area contributed by atoms with Crippen LogP contribution < -0.4 is 5.32 Å². The molecule has 2 aromatic heterocycles. The maximum Gasteiger partial charge on any atom is 0.261 e. The van der Waals surface area contributed by atoms with Crippen molar-refractivity contribution in [3.8, 4) is 5.75 Å². The first-order valence-corrected chi connectivity index (χ1v) is 5.33.